The van der Waals surface area contributed by atoms with Crippen LogP contribution in [-0.4, -0.2) is 13.1 Å². The summed E-state index contributed by atoms with van der Waals surface area (Å²) in [5.41, 5.74) is 1.39. The molecule has 0 amide bonds. The van der Waals surface area contributed by atoms with Gasteiger partial charge in [-0.1, -0.05) is 32.9 Å². The summed E-state index contributed by atoms with van der Waals surface area (Å²) in [5.74, 6) is 0.789. The van der Waals surface area contributed by atoms with Gasteiger partial charge in [0, 0.05) is 0 Å². The Labute approximate surface area is 83.6 Å². The molecule has 0 radical (unpaired) electrons. The highest BCUT2D eigenvalue weighted by molar-refractivity contribution is 4.93. The third-order valence-electron chi connectivity index (χ3n) is 2.38. The van der Waals surface area contributed by atoms with Crippen LogP contribution in [0.25, 0.3) is 0 Å². The monoisotopic (exact) mass is 183 g/mol. The molecule has 1 nitrogen and oxygen atoms in total. The molecular weight excluding hydrogens is 158 g/mol. The molecule has 0 aromatic heterocycles. The molecule has 0 aliphatic rings. The van der Waals surface area contributed by atoms with Crippen LogP contribution >= 0.6 is 0 Å². The summed E-state index contributed by atoms with van der Waals surface area (Å²) in [6, 6.07) is 0. The maximum Gasteiger partial charge on any atom is -0.00463 e. The fourth-order valence-corrected chi connectivity index (χ4v) is 1.39. The molecule has 0 saturated carbocycles. The molecule has 0 fully saturated rings. The summed E-state index contributed by atoms with van der Waals surface area (Å²) in [6.45, 7) is 13.1. The van der Waals surface area contributed by atoms with Gasteiger partial charge in [0.25, 0.3) is 0 Å². The van der Waals surface area contributed by atoms with Gasteiger partial charge in [0.05, 0.1) is 0 Å². The van der Waals surface area contributed by atoms with Crippen molar-refractivity contribution in [1.29, 1.82) is 0 Å². The Bertz CT molecular complexity index is 129. The van der Waals surface area contributed by atoms with Crippen LogP contribution in [0.3, 0.4) is 0 Å². The third kappa shape index (κ3) is 8.04. The van der Waals surface area contributed by atoms with Gasteiger partial charge >= 0.3 is 0 Å². The number of nitrogens with one attached hydrogen (secondary N) is 1. The molecule has 0 spiro atoms. The van der Waals surface area contributed by atoms with Crippen molar-refractivity contribution in [2.24, 2.45) is 5.92 Å². The van der Waals surface area contributed by atoms with E-state index < -0.39 is 0 Å². The quantitative estimate of drug-likeness (QED) is 0.449. The van der Waals surface area contributed by atoms with E-state index in [1.807, 2.05) is 0 Å². The molecule has 1 atom stereocenters. The molecule has 0 rings (SSSR count). The van der Waals surface area contributed by atoms with Crippen LogP contribution in [0.5, 0.6) is 0 Å². The van der Waals surface area contributed by atoms with E-state index in [2.05, 4.69) is 32.7 Å². The molecule has 1 unspecified atom stereocenters. The molecule has 0 aliphatic carbocycles. The molecule has 0 saturated heterocycles. The zero-order chi connectivity index (χ0) is 10.1. The maximum atomic E-state index is 4.04. The third-order valence-corrected chi connectivity index (χ3v) is 2.38. The SMILES string of the molecule is C=C(CC)CC(C)CCNCCC. The van der Waals surface area contributed by atoms with Gasteiger partial charge < -0.3 is 5.32 Å². The number of hydrogen-bond donors (Lipinski definition) is 1. The topological polar surface area (TPSA) is 12.0 Å². The lowest BCUT2D eigenvalue weighted by molar-refractivity contribution is 0.493. The van der Waals surface area contributed by atoms with Crippen LogP contribution in [0.4, 0.5) is 0 Å². The molecule has 0 aliphatic heterocycles. The van der Waals surface area contributed by atoms with Gasteiger partial charge in [0.15, 0.2) is 0 Å². The second kappa shape index (κ2) is 8.31. The Morgan fingerprint density at radius 1 is 1.31 bits per heavy atom. The van der Waals surface area contributed by atoms with Crippen molar-refractivity contribution in [3.05, 3.63) is 12.2 Å². The first-order chi connectivity index (χ1) is 6.20. The van der Waals surface area contributed by atoms with Crippen LogP contribution in [0.15, 0.2) is 12.2 Å². The molecule has 0 aromatic rings. The minimum Gasteiger partial charge on any atom is -0.317 e. The lowest BCUT2D eigenvalue weighted by Gasteiger charge is -2.12. The summed E-state index contributed by atoms with van der Waals surface area (Å²) in [7, 11) is 0. The Balaban J connectivity index is 3.29. The average Bonchev–Trinajstić information content (AvgIpc) is 2.12. The first-order valence-electron chi connectivity index (χ1n) is 5.58. The van der Waals surface area contributed by atoms with E-state index >= 15 is 0 Å². The Kier molecular flexibility index (Phi) is 8.11. The van der Waals surface area contributed by atoms with E-state index in [0.717, 1.165) is 25.4 Å². The number of hydrogen-bond acceptors (Lipinski definition) is 1. The minimum absolute atomic E-state index is 0.789. The largest absolute Gasteiger partial charge is 0.317 e. The van der Waals surface area contributed by atoms with E-state index in [0.29, 0.717) is 0 Å². The first kappa shape index (κ1) is 12.7. The van der Waals surface area contributed by atoms with Crippen LogP contribution in [0.2, 0.25) is 0 Å². The fraction of sp³-hybridized carbons (Fsp3) is 0.833. The van der Waals surface area contributed by atoms with Gasteiger partial charge in [-0.05, 0) is 44.7 Å². The van der Waals surface area contributed by atoms with Crippen molar-refractivity contribution in [1.82, 2.24) is 5.32 Å². The predicted molar refractivity (Wildman–Crippen MR) is 61.0 cm³/mol. The molecule has 1 heteroatoms. The summed E-state index contributed by atoms with van der Waals surface area (Å²) in [4.78, 5) is 0. The molecule has 0 heterocycles. The normalized spacial score (nSPS) is 12.8. The van der Waals surface area contributed by atoms with Crippen molar-refractivity contribution in [2.45, 2.75) is 46.5 Å². The molecular formula is C12H25N. The molecule has 1 N–H and O–H groups in total. The van der Waals surface area contributed by atoms with E-state index in [-0.39, 0.29) is 0 Å². The zero-order valence-corrected chi connectivity index (χ0v) is 9.53. The highest BCUT2D eigenvalue weighted by atomic mass is 14.8. The summed E-state index contributed by atoms with van der Waals surface area (Å²) < 4.78 is 0. The van der Waals surface area contributed by atoms with Crippen molar-refractivity contribution >= 4 is 0 Å². The van der Waals surface area contributed by atoms with E-state index in [4.69, 9.17) is 0 Å². The van der Waals surface area contributed by atoms with Crippen molar-refractivity contribution < 1.29 is 0 Å². The minimum atomic E-state index is 0.789. The Morgan fingerprint density at radius 2 is 2.00 bits per heavy atom. The summed E-state index contributed by atoms with van der Waals surface area (Å²) >= 11 is 0. The smallest absolute Gasteiger partial charge is 0.00463 e. The Morgan fingerprint density at radius 3 is 2.54 bits per heavy atom. The summed E-state index contributed by atoms with van der Waals surface area (Å²) in [6.07, 6.45) is 4.84. The van der Waals surface area contributed by atoms with E-state index in [1.165, 1.54) is 24.8 Å². The van der Waals surface area contributed by atoms with Crippen LogP contribution in [-0.2, 0) is 0 Å². The molecule has 0 aromatic carbocycles. The van der Waals surface area contributed by atoms with Gasteiger partial charge in [0.1, 0.15) is 0 Å². The van der Waals surface area contributed by atoms with Crippen molar-refractivity contribution in [2.75, 3.05) is 13.1 Å². The predicted octanol–water partition coefficient (Wildman–Crippen LogP) is 3.37. The van der Waals surface area contributed by atoms with Crippen molar-refractivity contribution in [3.63, 3.8) is 0 Å². The molecule has 78 valence electrons. The van der Waals surface area contributed by atoms with E-state index in [9.17, 15) is 0 Å². The van der Waals surface area contributed by atoms with Gasteiger partial charge in [-0.2, -0.15) is 0 Å². The lowest BCUT2D eigenvalue weighted by atomic mass is 9.98. The highest BCUT2D eigenvalue weighted by Gasteiger charge is 2.02. The molecule has 13 heavy (non-hydrogen) atoms. The number of allylic oxidation sites excluding steroid dienone is 1. The van der Waals surface area contributed by atoms with E-state index in [1.54, 1.807) is 0 Å². The van der Waals surface area contributed by atoms with Gasteiger partial charge in [0.2, 0.25) is 0 Å². The van der Waals surface area contributed by atoms with Crippen LogP contribution in [0, 0.1) is 5.92 Å². The lowest BCUT2D eigenvalue weighted by Crippen LogP contribution is -2.18. The van der Waals surface area contributed by atoms with Gasteiger partial charge in [-0.25, -0.2) is 0 Å². The second-order valence-corrected chi connectivity index (χ2v) is 3.95. The van der Waals surface area contributed by atoms with Crippen LogP contribution < -0.4 is 5.32 Å². The highest BCUT2D eigenvalue weighted by Crippen LogP contribution is 2.14. The fourth-order valence-electron chi connectivity index (χ4n) is 1.39. The van der Waals surface area contributed by atoms with Gasteiger partial charge in [-0.3, -0.25) is 0 Å². The zero-order valence-electron chi connectivity index (χ0n) is 9.53. The van der Waals surface area contributed by atoms with Gasteiger partial charge in [-0.15, -0.1) is 0 Å². The molecule has 0 bridgehead atoms. The van der Waals surface area contributed by atoms with Crippen molar-refractivity contribution in [3.8, 4) is 0 Å². The first-order valence-corrected chi connectivity index (χ1v) is 5.58. The number of rotatable bonds is 8. The Hall–Kier alpha value is -0.300. The maximum absolute atomic E-state index is 4.04. The second-order valence-electron chi connectivity index (χ2n) is 3.95. The standard InChI is InChI=1S/C12H25N/c1-5-8-13-9-7-12(4)10-11(3)6-2/h12-13H,3,5-10H2,1-2,4H3. The van der Waals surface area contributed by atoms with Crippen LogP contribution in [0.1, 0.15) is 46.5 Å². The average molecular weight is 183 g/mol. The summed E-state index contributed by atoms with van der Waals surface area (Å²) in [5, 5.41) is 3.43.